The largest absolute Gasteiger partial charge is 0.469 e. The second kappa shape index (κ2) is 4.86. The van der Waals surface area contributed by atoms with Gasteiger partial charge in [-0.15, -0.1) is 0 Å². The molecule has 1 aliphatic carbocycles. The Morgan fingerprint density at radius 1 is 1.57 bits per heavy atom. The summed E-state index contributed by atoms with van der Waals surface area (Å²) in [6.07, 6.45) is 4.57. The van der Waals surface area contributed by atoms with Crippen LogP contribution >= 0.6 is 0 Å². The van der Waals surface area contributed by atoms with E-state index in [1.807, 2.05) is 0 Å². The van der Waals surface area contributed by atoms with Crippen molar-refractivity contribution in [3.63, 3.8) is 0 Å². The number of nitrogens with zero attached hydrogens (tertiary/aromatic N) is 2. The summed E-state index contributed by atoms with van der Waals surface area (Å²) in [7, 11) is 1.43. The molecule has 78 valence electrons. The molecule has 5 heteroatoms. The molecule has 0 radical (unpaired) electrons. The van der Waals surface area contributed by atoms with E-state index in [9.17, 15) is 4.79 Å². The molecular weight excluding hydrogens is 182 g/mol. The van der Waals surface area contributed by atoms with Gasteiger partial charge < -0.3 is 4.74 Å². The van der Waals surface area contributed by atoms with Gasteiger partial charge in [-0.3, -0.25) is 4.79 Å². The van der Waals surface area contributed by atoms with Crippen LogP contribution in [0.5, 0.6) is 0 Å². The fourth-order valence-corrected chi connectivity index (χ4v) is 2.14. The van der Waals surface area contributed by atoms with Crippen LogP contribution in [0.25, 0.3) is 0 Å². The van der Waals surface area contributed by atoms with Crippen LogP contribution in [-0.4, -0.2) is 19.6 Å². The summed E-state index contributed by atoms with van der Waals surface area (Å²) in [5.74, 6) is -0.129. The molecule has 1 rings (SSSR count). The summed E-state index contributed by atoms with van der Waals surface area (Å²) in [5, 5.41) is 3.58. The molecule has 0 heterocycles. The van der Waals surface area contributed by atoms with Crippen LogP contribution in [0.1, 0.15) is 32.1 Å². The Kier molecular flexibility index (Phi) is 3.77. The summed E-state index contributed by atoms with van der Waals surface area (Å²) >= 11 is 0. The summed E-state index contributed by atoms with van der Waals surface area (Å²) in [6, 6.07) is 0. The van der Waals surface area contributed by atoms with Gasteiger partial charge in [-0.1, -0.05) is 12.8 Å². The van der Waals surface area contributed by atoms with Crippen LogP contribution in [-0.2, 0) is 9.53 Å². The maximum Gasteiger partial charge on any atom is 0.311 e. The van der Waals surface area contributed by atoms with Crippen LogP contribution in [0.4, 0.5) is 0 Å². The first kappa shape index (κ1) is 10.9. The average molecular weight is 198 g/mol. The quantitative estimate of drug-likeness (QED) is 0.423. The maximum atomic E-state index is 11.6. The minimum atomic E-state index is -0.344. The highest BCUT2D eigenvalue weighted by Crippen LogP contribution is 2.42. The third kappa shape index (κ3) is 2.17. The van der Waals surface area contributed by atoms with Gasteiger partial charge in [0.15, 0.2) is 0 Å². The van der Waals surface area contributed by atoms with Gasteiger partial charge in [0.2, 0.25) is 4.91 Å². The van der Waals surface area contributed by atoms with Crippen LogP contribution in [0.15, 0.2) is 5.11 Å². The molecule has 1 saturated carbocycles. The van der Waals surface area contributed by atoms with Crippen molar-refractivity contribution in [1.29, 1.82) is 5.53 Å². The van der Waals surface area contributed by atoms with E-state index >= 15 is 0 Å². The second-order valence-electron chi connectivity index (χ2n) is 3.69. The normalized spacial score (nSPS) is 18.6. The van der Waals surface area contributed by atoms with Gasteiger partial charge in [-0.25, -0.2) is 0 Å². The smallest absolute Gasteiger partial charge is 0.311 e. The molecule has 0 aromatic rings. The Morgan fingerprint density at radius 3 is 2.71 bits per heavy atom. The monoisotopic (exact) mass is 198 g/mol. The van der Waals surface area contributed by atoms with E-state index in [1.54, 1.807) is 0 Å². The van der Waals surface area contributed by atoms with Crippen LogP contribution < -0.4 is 4.91 Å². The van der Waals surface area contributed by atoms with Crippen LogP contribution in [0.2, 0.25) is 0 Å². The van der Waals surface area contributed by atoms with E-state index in [0.717, 1.165) is 25.7 Å². The van der Waals surface area contributed by atoms with Crippen molar-refractivity contribution in [1.82, 2.24) is 4.91 Å². The Morgan fingerprint density at radius 2 is 2.21 bits per heavy atom. The SMILES string of the molecule is COC(=O)C1(CCN=[N+]=N)CCCC1. The average Bonchev–Trinajstić information content (AvgIpc) is 2.67. The lowest BCUT2D eigenvalue weighted by Crippen LogP contribution is -2.30. The zero-order valence-corrected chi connectivity index (χ0v) is 8.45. The zero-order valence-electron chi connectivity index (χ0n) is 8.45. The number of esters is 1. The molecule has 14 heavy (non-hydrogen) atoms. The highest BCUT2D eigenvalue weighted by Gasteiger charge is 2.41. The number of hydrogen-bond donors (Lipinski definition) is 1. The molecular formula is C9H16N3O2+. The molecule has 0 aliphatic heterocycles. The van der Waals surface area contributed by atoms with Gasteiger partial charge in [0, 0.05) is 0 Å². The lowest BCUT2D eigenvalue weighted by molar-refractivity contribution is -0.152. The van der Waals surface area contributed by atoms with Gasteiger partial charge in [0.25, 0.3) is 0 Å². The van der Waals surface area contributed by atoms with Crippen molar-refractivity contribution in [2.24, 2.45) is 10.5 Å². The fraction of sp³-hybridized carbons (Fsp3) is 0.889. The molecule has 1 fully saturated rings. The van der Waals surface area contributed by atoms with Gasteiger partial charge in [0.05, 0.1) is 12.5 Å². The predicted octanol–water partition coefficient (Wildman–Crippen LogP) is 1.66. The molecule has 0 aromatic heterocycles. The standard InChI is InChI=1S/C9H16N3O2/c1-14-8(13)9(4-2-3-5-9)6-7-11-12-10/h10H,2-7H2,1H3/q+1. The number of rotatable bonds is 4. The van der Waals surface area contributed by atoms with Crippen molar-refractivity contribution < 1.29 is 9.53 Å². The molecule has 5 nitrogen and oxygen atoms in total. The van der Waals surface area contributed by atoms with Crippen molar-refractivity contribution in [2.75, 3.05) is 13.7 Å². The molecule has 0 aromatic carbocycles. The van der Waals surface area contributed by atoms with Gasteiger partial charge in [0.1, 0.15) is 17.2 Å². The number of carbonyl (C=O) groups excluding carboxylic acids is 1. The van der Waals surface area contributed by atoms with E-state index in [2.05, 4.69) is 10.0 Å². The highest BCUT2D eigenvalue weighted by molar-refractivity contribution is 5.77. The molecule has 1 aliphatic rings. The van der Waals surface area contributed by atoms with E-state index in [-0.39, 0.29) is 11.4 Å². The molecule has 0 atom stereocenters. The van der Waals surface area contributed by atoms with E-state index < -0.39 is 0 Å². The van der Waals surface area contributed by atoms with Crippen LogP contribution in [0.3, 0.4) is 0 Å². The molecule has 0 bridgehead atoms. The number of ether oxygens (including phenoxy) is 1. The summed E-state index contributed by atoms with van der Waals surface area (Å²) in [6.45, 7) is 0.443. The first-order valence-electron chi connectivity index (χ1n) is 4.87. The summed E-state index contributed by atoms with van der Waals surface area (Å²) < 4.78 is 4.81. The highest BCUT2D eigenvalue weighted by atomic mass is 16.5. The maximum absolute atomic E-state index is 11.6. The zero-order chi connectivity index (χ0) is 10.4. The molecule has 0 amide bonds. The van der Waals surface area contributed by atoms with Crippen molar-refractivity contribution in [2.45, 2.75) is 32.1 Å². The second-order valence-corrected chi connectivity index (χ2v) is 3.69. The minimum absolute atomic E-state index is 0.129. The van der Waals surface area contributed by atoms with E-state index in [1.165, 1.54) is 7.11 Å². The van der Waals surface area contributed by atoms with Crippen molar-refractivity contribution in [3.8, 4) is 0 Å². The summed E-state index contributed by atoms with van der Waals surface area (Å²) in [5.41, 5.74) is 6.19. The number of carbonyl (C=O) groups is 1. The lowest BCUT2D eigenvalue weighted by atomic mass is 9.83. The van der Waals surface area contributed by atoms with E-state index in [4.69, 9.17) is 10.3 Å². The van der Waals surface area contributed by atoms with Gasteiger partial charge in [-0.05, 0) is 19.3 Å². The third-order valence-electron chi connectivity index (χ3n) is 2.94. The first-order valence-corrected chi connectivity index (χ1v) is 4.87. The Balaban J connectivity index is 2.61. The van der Waals surface area contributed by atoms with Crippen molar-refractivity contribution in [3.05, 3.63) is 0 Å². The van der Waals surface area contributed by atoms with Crippen LogP contribution in [0, 0.1) is 10.9 Å². The predicted molar refractivity (Wildman–Crippen MR) is 49.7 cm³/mol. The molecule has 1 N–H and O–H groups in total. The summed E-state index contributed by atoms with van der Waals surface area (Å²) in [4.78, 5) is 14.5. The Labute approximate surface area is 83.1 Å². The Bertz CT molecular complexity index is 253. The number of methoxy groups -OCH3 is 1. The van der Waals surface area contributed by atoms with Gasteiger partial charge in [-0.2, -0.15) is 0 Å². The molecule has 0 spiro atoms. The number of hydrogen-bond acceptors (Lipinski definition) is 4. The molecule has 0 unspecified atom stereocenters. The third-order valence-corrected chi connectivity index (χ3v) is 2.94. The van der Waals surface area contributed by atoms with Gasteiger partial charge >= 0.3 is 5.97 Å². The lowest BCUT2D eigenvalue weighted by Gasteiger charge is -2.23. The Hall–Kier alpha value is -1.22. The molecule has 0 saturated heterocycles. The van der Waals surface area contributed by atoms with E-state index in [0.29, 0.717) is 13.0 Å². The number of nitrogens with one attached hydrogen (secondary N) is 1. The van der Waals surface area contributed by atoms with Crippen molar-refractivity contribution >= 4 is 5.97 Å². The first-order chi connectivity index (χ1) is 6.75. The fourth-order valence-electron chi connectivity index (χ4n) is 2.14. The topological polar surface area (TPSA) is 76.6 Å². The minimum Gasteiger partial charge on any atom is -0.469 e.